The minimum absolute atomic E-state index is 0.216. The van der Waals surface area contributed by atoms with Gasteiger partial charge in [-0.15, -0.1) is 11.8 Å². The molecule has 100 valence electrons. The zero-order valence-corrected chi connectivity index (χ0v) is 13.3. The molecule has 17 heavy (non-hydrogen) atoms. The van der Waals surface area contributed by atoms with E-state index < -0.39 is 8.07 Å². The zero-order chi connectivity index (χ0) is 13.5. The Morgan fingerprint density at radius 3 is 2.12 bits per heavy atom. The molecule has 2 heteroatoms. The van der Waals surface area contributed by atoms with Crippen LogP contribution >= 0.6 is 0 Å². The predicted molar refractivity (Wildman–Crippen MR) is 80.0 cm³/mol. The van der Waals surface area contributed by atoms with Crippen LogP contribution in [-0.2, 0) is 4.74 Å². The molecule has 0 aliphatic carbocycles. The predicted octanol–water partition coefficient (Wildman–Crippen LogP) is 4.38. The summed E-state index contributed by atoms with van der Waals surface area (Å²) in [6, 6.07) is 4.73. The van der Waals surface area contributed by atoms with Crippen LogP contribution in [-0.4, -0.2) is 20.4 Å². The molecule has 0 rings (SSSR count). The van der Waals surface area contributed by atoms with Gasteiger partial charge in [0.2, 0.25) is 0 Å². The first-order valence-corrected chi connectivity index (χ1v) is 8.66. The van der Waals surface area contributed by atoms with E-state index >= 15 is 0 Å². The lowest BCUT2D eigenvalue weighted by Gasteiger charge is -2.61. The van der Waals surface area contributed by atoms with Crippen LogP contribution in [0.15, 0.2) is 23.9 Å². The van der Waals surface area contributed by atoms with Crippen LogP contribution < -0.4 is 0 Å². The lowest BCUT2D eigenvalue weighted by Crippen LogP contribution is -2.60. The summed E-state index contributed by atoms with van der Waals surface area (Å²) >= 11 is 0. The van der Waals surface area contributed by atoms with Crippen LogP contribution in [0.3, 0.4) is 0 Å². The minimum Gasteiger partial charge on any atom is -0.383 e. The van der Waals surface area contributed by atoms with Gasteiger partial charge in [0.05, 0.1) is 0 Å². The van der Waals surface area contributed by atoms with Crippen molar-refractivity contribution in [3.8, 4) is 0 Å². The molecular formula is C15H28OSi-2. The highest BCUT2D eigenvalue weighted by molar-refractivity contribution is 6.95. The first-order valence-electron chi connectivity index (χ1n) is 6.51. The summed E-state index contributed by atoms with van der Waals surface area (Å²) in [6.07, 6.45) is 6.37. The van der Waals surface area contributed by atoms with E-state index in [-0.39, 0.29) is 5.22 Å². The van der Waals surface area contributed by atoms with Crippen LogP contribution in [0, 0.1) is 12.1 Å². The van der Waals surface area contributed by atoms with E-state index in [4.69, 9.17) is 4.74 Å². The van der Waals surface area contributed by atoms with E-state index in [9.17, 15) is 0 Å². The van der Waals surface area contributed by atoms with Gasteiger partial charge >= 0.3 is 0 Å². The van der Waals surface area contributed by atoms with E-state index in [1.54, 1.807) is 7.11 Å². The number of methoxy groups -OCH3 is 1. The van der Waals surface area contributed by atoms with Crippen molar-refractivity contribution < 1.29 is 4.74 Å². The molecule has 0 saturated carbocycles. The highest BCUT2D eigenvalue weighted by atomic mass is 28.3. The summed E-state index contributed by atoms with van der Waals surface area (Å²) in [5, 5.41) is 1.25. The third kappa shape index (κ3) is 2.74. The van der Waals surface area contributed by atoms with Gasteiger partial charge in [0.25, 0.3) is 0 Å². The average molecular weight is 252 g/mol. The van der Waals surface area contributed by atoms with Crippen LogP contribution in [0.25, 0.3) is 0 Å². The van der Waals surface area contributed by atoms with Gasteiger partial charge in [-0.1, -0.05) is 32.9 Å². The van der Waals surface area contributed by atoms with Crippen LogP contribution in [0.4, 0.5) is 0 Å². The molecular weight excluding hydrogens is 224 g/mol. The maximum atomic E-state index is 5.89. The first kappa shape index (κ1) is 16.7. The summed E-state index contributed by atoms with van der Waals surface area (Å²) in [7, 11) is -0.0720. The lowest BCUT2D eigenvalue weighted by atomic mass is 10.2. The van der Waals surface area contributed by atoms with E-state index in [0.717, 1.165) is 12.8 Å². The number of hydrogen-bond acceptors (Lipinski definition) is 1. The largest absolute Gasteiger partial charge is 0.383 e. The summed E-state index contributed by atoms with van der Waals surface area (Å²) in [6.45, 7) is 14.9. The molecule has 0 aliphatic heterocycles. The maximum absolute atomic E-state index is 5.89. The smallest absolute Gasteiger partial charge is 0.0360 e. The summed E-state index contributed by atoms with van der Waals surface area (Å²) in [4.78, 5) is 0. The molecule has 1 atom stereocenters. The Kier molecular flexibility index (Phi) is 7.03. The topological polar surface area (TPSA) is 9.23 Å². The molecule has 0 aromatic heterocycles. The Labute approximate surface area is 109 Å². The van der Waals surface area contributed by atoms with Crippen LogP contribution in [0.2, 0.25) is 0 Å². The van der Waals surface area contributed by atoms with Crippen molar-refractivity contribution in [3.63, 3.8) is 0 Å². The van der Waals surface area contributed by atoms with Gasteiger partial charge in [0.15, 0.2) is 0 Å². The van der Waals surface area contributed by atoms with Crippen molar-refractivity contribution in [1.29, 1.82) is 0 Å². The van der Waals surface area contributed by atoms with Gasteiger partial charge in [-0.25, -0.2) is 0 Å². The van der Waals surface area contributed by atoms with Crippen molar-refractivity contribution in [1.82, 2.24) is 0 Å². The average Bonchev–Trinajstić information content (AvgIpc) is 2.36. The Morgan fingerprint density at radius 1 is 1.35 bits per heavy atom. The number of rotatable bonds is 8. The third-order valence-corrected chi connectivity index (χ3v) is 9.49. The van der Waals surface area contributed by atoms with Gasteiger partial charge in [0, 0.05) is 12.3 Å². The maximum Gasteiger partial charge on any atom is 0.0360 e. The molecule has 0 aliphatic rings. The fraction of sp³-hybridized carbons (Fsp3) is 0.600. The molecule has 0 aromatic rings. The second-order valence-electron chi connectivity index (χ2n) is 4.39. The van der Waals surface area contributed by atoms with Gasteiger partial charge in [0.1, 0.15) is 0 Å². The molecule has 0 heterocycles. The van der Waals surface area contributed by atoms with Crippen molar-refractivity contribution >= 4 is 8.07 Å². The highest BCUT2D eigenvalue weighted by Gasteiger charge is 2.35. The molecule has 0 spiro atoms. The number of ether oxygens (including phenoxy) is 1. The van der Waals surface area contributed by atoms with Crippen molar-refractivity contribution in [2.75, 3.05) is 7.11 Å². The van der Waals surface area contributed by atoms with E-state index in [1.165, 1.54) is 5.20 Å². The standard InChI is InChI=1S/C15H28OSi/c1-8-13-14(6)17(11-4,12-5)15(9-2,10-3)16-7/h9,11-13H,2,8,10H2,1,3-7H3/q-2. The van der Waals surface area contributed by atoms with Gasteiger partial charge in [-0.05, 0) is 12.8 Å². The van der Waals surface area contributed by atoms with Gasteiger partial charge in [-0.3, -0.25) is 0 Å². The fourth-order valence-electron chi connectivity index (χ4n) is 2.92. The van der Waals surface area contributed by atoms with Crippen LogP contribution in [0.5, 0.6) is 0 Å². The SMILES string of the molecule is C=CC(CC)(OC)[Si]([CH-]C)([CH-]C)C(C)=CCC. The van der Waals surface area contributed by atoms with Crippen molar-refractivity contribution in [2.45, 2.75) is 52.7 Å². The van der Waals surface area contributed by atoms with E-state index in [0.29, 0.717) is 0 Å². The number of allylic oxidation sites excluding steroid dienone is 2. The van der Waals surface area contributed by atoms with Crippen molar-refractivity contribution in [3.05, 3.63) is 36.0 Å². The van der Waals surface area contributed by atoms with E-state index in [1.807, 2.05) is 6.08 Å². The molecule has 0 amide bonds. The normalized spacial score (nSPS) is 16.7. The second kappa shape index (κ2) is 7.17. The molecule has 0 N–H and O–H groups in total. The van der Waals surface area contributed by atoms with Gasteiger partial charge < -0.3 is 16.8 Å². The first-order chi connectivity index (χ1) is 8.03. The molecule has 0 bridgehead atoms. The van der Waals surface area contributed by atoms with E-state index in [2.05, 4.69) is 59.4 Å². The Bertz CT molecular complexity index is 260. The van der Waals surface area contributed by atoms with Crippen molar-refractivity contribution in [2.24, 2.45) is 0 Å². The third-order valence-electron chi connectivity index (χ3n) is 3.99. The summed E-state index contributed by atoms with van der Waals surface area (Å²) in [5.74, 6) is 0. The molecule has 0 saturated heterocycles. The zero-order valence-electron chi connectivity index (χ0n) is 12.3. The Balaban J connectivity index is 5.75. The minimum atomic E-state index is -1.88. The van der Waals surface area contributed by atoms with Gasteiger partial charge in [-0.2, -0.15) is 21.9 Å². The molecule has 1 unspecified atom stereocenters. The molecule has 0 aromatic carbocycles. The molecule has 0 fully saturated rings. The summed E-state index contributed by atoms with van der Waals surface area (Å²) in [5.41, 5.74) is 0. The molecule has 1 nitrogen and oxygen atoms in total. The second-order valence-corrected chi connectivity index (χ2v) is 8.92. The van der Waals surface area contributed by atoms with Crippen LogP contribution in [0.1, 0.15) is 47.5 Å². The highest BCUT2D eigenvalue weighted by Crippen LogP contribution is 2.38. The lowest BCUT2D eigenvalue weighted by molar-refractivity contribution is 0.0915. The Hall–Kier alpha value is -0.343. The number of hydrogen-bond donors (Lipinski definition) is 0. The monoisotopic (exact) mass is 252 g/mol. The summed E-state index contributed by atoms with van der Waals surface area (Å²) < 4.78 is 5.89. The molecule has 0 radical (unpaired) electrons. The quantitative estimate of drug-likeness (QED) is 0.354. The Morgan fingerprint density at radius 2 is 1.88 bits per heavy atom. The fourth-order valence-corrected chi connectivity index (χ4v) is 7.61.